The lowest BCUT2D eigenvalue weighted by molar-refractivity contribution is -0.123. The fourth-order valence-electron chi connectivity index (χ4n) is 3.01. The van der Waals surface area contributed by atoms with Gasteiger partial charge in [0, 0.05) is 15.6 Å². The lowest BCUT2D eigenvalue weighted by atomic mass is 10.1. The summed E-state index contributed by atoms with van der Waals surface area (Å²) in [7, 11) is 1.55. The monoisotopic (exact) mass is 428 g/mol. The number of benzene rings is 2. The van der Waals surface area contributed by atoms with E-state index in [0.717, 1.165) is 5.56 Å². The predicted octanol–water partition coefficient (Wildman–Crippen LogP) is 2.45. The third-order valence-corrected chi connectivity index (χ3v) is 5.68. The molecule has 0 aromatic heterocycles. The smallest absolute Gasteiger partial charge is 0.316 e. The Morgan fingerprint density at radius 1 is 1.17 bits per heavy atom. The van der Waals surface area contributed by atoms with Crippen LogP contribution in [-0.4, -0.2) is 36.6 Å². The van der Waals surface area contributed by atoms with E-state index in [1.807, 2.05) is 12.1 Å². The summed E-state index contributed by atoms with van der Waals surface area (Å²) >= 11 is 1.22. The second-order valence-electron chi connectivity index (χ2n) is 6.29. The van der Waals surface area contributed by atoms with Crippen molar-refractivity contribution >= 4 is 35.2 Å². The molecule has 1 aliphatic rings. The fourth-order valence-corrected chi connectivity index (χ4v) is 4.32. The van der Waals surface area contributed by atoms with Gasteiger partial charge in [0.25, 0.3) is 5.91 Å². The van der Waals surface area contributed by atoms with Crippen LogP contribution in [0.3, 0.4) is 0 Å². The van der Waals surface area contributed by atoms with E-state index in [1.54, 1.807) is 24.7 Å². The Morgan fingerprint density at radius 2 is 1.90 bits per heavy atom. The Bertz CT molecular complexity index is 1010. The lowest BCUT2D eigenvalue weighted by Crippen LogP contribution is -2.46. The molecule has 1 heterocycles. The second kappa shape index (κ2) is 9.27. The Morgan fingerprint density at radius 3 is 2.53 bits per heavy atom. The number of rotatable bonds is 7. The maximum Gasteiger partial charge on any atom is 0.316 e. The SMILES string of the molecule is COc1ccc(CC2Sc3cc(C(=O)N=O)ccc3N(CC(=O)NN=O)C2=O)cc1. The largest absolute Gasteiger partial charge is 0.497 e. The summed E-state index contributed by atoms with van der Waals surface area (Å²) in [6.45, 7) is -0.420. The summed E-state index contributed by atoms with van der Waals surface area (Å²) in [5.74, 6) is -1.35. The van der Waals surface area contributed by atoms with Crippen LogP contribution in [0.15, 0.2) is 57.8 Å². The molecule has 0 aliphatic carbocycles. The van der Waals surface area contributed by atoms with Gasteiger partial charge in [-0.15, -0.1) is 21.6 Å². The van der Waals surface area contributed by atoms with E-state index < -0.39 is 23.6 Å². The molecule has 1 N–H and O–H groups in total. The molecule has 30 heavy (non-hydrogen) atoms. The van der Waals surface area contributed by atoms with Crippen molar-refractivity contribution in [1.82, 2.24) is 5.43 Å². The van der Waals surface area contributed by atoms with Crippen LogP contribution in [0, 0.1) is 9.81 Å². The number of carbonyl (C=O) groups excluding carboxylic acids is 3. The number of hydrogen-bond acceptors (Lipinski definition) is 8. The van der Waals surface area contributed by atoms with Crippen LogP contribution in [0.1, 0.15) is 15.9 Å². The minimum atomic E-state index is -0.934. The van der Waals surface area contributed by atoms with Crippen LogP contribution >= 0.6 is 11.8 Å². The minimum Gasteiger partial charge on any atom is -0.497 e. The van der Waals surface area contributed by atoms with Gasteiger partial charge in [0.1, 0.15) is 12.3 Å². The number of anilines is 1. The molecule has 3 amide bonds. The van der Waals surface area contributed by atoms with Crippen molar-refractivity contribution in [3.8, 4) is 5.75 Å². The Hall–Kier alpha value is -3.60. The normalized spacial score (nSPS) is 15.2. The maximum atomic E-state index is 13.1. The van der Waals surface area contributed by atoms with Gasteiger partial charge in [-0.1, -0.05) is 12.1 Å². The highest BCUT2D eigenvalue weighted by atomic mass is 32.2. The molecule has 0 radical (unpaired) electrons. The molecule has 0 fully saturated rings. The van der Waals surface area contributed by atoms with E-state index in [-0.39, 0.29) is 11.5 Å². The Balaban J connectivity index is 1.94. The lowest BCUT2D eigenvalue weighted by Gasteiger charge is -2.33. The first kappa shape index (κ1) is 21.1. The number of amides is 3. The molecule has 1 unspecified atom stereocenters. The van der Waals surface area contributed by atoms with Gasteiger partial charge in [-0.25, -0.2) is 5.43 Å². The Labute approximate surface area is 174 Å². The highest BCUT2D eigenvalue weighted by Crippen LogP contribution is 2.41. The van der Waals surface area contributed by atoms with Crippen LogP contribution in [0.4, 0.5) is 5.69 Å². The van der Waals surface area contributed by atoms with Gasteiger partial charge in [0.2, 0.25) is 5.91 Å². The van der Waals surface area contributed by atoms with Crippen molar-refractivity contribution in [2.75, 3.05) is 18.6 Å². The quantitative estimate of drug-likeness (QED) is 0.529. The number of thioether (sulfide) groups is 1. The zero-order valence-electron chi connectivity index (χ0n) is 15.7. The highest BCUT2D eigenvalue weighted by molar-refractivity contribution is 8.01. The van der Waals surface area contributed by atoms with Crippen molar-refractivity contribution < 1.29 is 19.1 Å². The van der Waals surface area contributed by atoms with Gasteiger partial charge in [0.05, 0.1) is 23.3 Å². The summed E-state index contributed by atoms with van der Waals surface area (Å²) in [5.41, 5.74) is 3.10. The second-order valence-corrected chi connectivity index (χ2v) is 7.53. The van der Waals surface area contributed by atoms with Crippen LogP contribution in [-0.2, 0) is 16.0 Å². The van der Waals surface area contributed by atoms with Crippen LogP contribution in [0.2, 0.25) is 0 Å². The predicted molar refractivity (Wildman–Crippen MR) is 109 cm³/mol. The van der Waals surface area contributed by atoms with Crippen molar-refractivity contribution in [2.24, 2.45) is 10.5 Å². The molecule has 10 nitrogen and oxygen atoms in total. The molecule has 3 rings (SSSR count). The highest BCUT2D eigenvalue weighted by Gasteiger charge is 2.35. The molecule has 0 bridgehead atoms. The number of methoxy groups -OCH3 is 1. The van der Waals surface area contributed by atoms with Gasteiger partial charge < -0.3 is 9.64 Å². The molecule has 0 saturated heterocycles. The van der Waals surface area contributed by atoms with Gasteiger partial charge in [-0.2, -0.15) is 0 Å². The molecular weight excluding hydrogens is 412 g/mol. The number of nitrogens with one attached hydrogen (secondary N) is 1. The number of ether oxygens (including phenoxy) is 1. The third kappa shape index (κ3) is 4.51. The maximum absolute atomic E-state index is 13.1. The van der Waals surface area contributed by atoms with E-state index in [0.29, 0.717) is 22.8 Å². The zero-order chi connectivity index (χ0) is 21.7. The van der Waals surface area contributed by atoms with E-state index in [9.17, 15) is 24.2 Å². The average molecular weight is 428 g/mol. The number of nitrogens with zero attached hydrogens (tertiary/aromatic N) is 3. The number of carbonyl (C=O) groups is 3. The van der Waals surface area contributed by atoms with Crippen LogP contribution < -0.4 is 15.1 Å². The summed E-state index contributed by atoms with van der Waals surface area (Å²) < 4.78 is 5.13. The number of nitroso groups, excluding NO2 is 2. The van der Waals surface area contributed by atoms with Gasteiger partial charge in [0.15, 0.2) is 0 Å². The first-order valence-corrected chi connectivity index (χ1v) is 9.58. The Kier molecular flexibility index (Phi) is 6.52. The fraction of sp³-hybridized carbons (Fsp3) is 0.211. The number of fused-ring (bicyclic) bond motifs is 1. The minimum absolute atomic E-state index is 0.0766. The summed E-state index contributed by atoms with van der Waals surface area (Å²) in [6, 6.07) is 11.5. The van der Waals surface area contributed by atoms with Crippen molar-refractivity contribution in [2.45, 2.75) is 16.6 Å². The van der Waals surface area contributed by atoms with Gasteiger partial charge in [-0.3, -0.25) is 14.4 Å². The van der Waals surface area contributed by atoms with Crippen LogP contribution in [0.25, 0.3) is 0 Å². The summed E-state index contributed by atoms with van der Waals surface area (Å²) in [4.78, 5) is 59.3. The van der Waals surface area contributed by atoms with Gasteiger partial charge in [-0.05, 0) is 42.3 Å². The van der Waals surface area contributed by atoms with E-state index in [2.05, 4.69) is 10.5 Å². The van der Waals surface area contributed by atoms with E-state index in [1.165, 1.54) is 34.9 Å². The summed E-state index contributed by atoms with van der Waals surface area (Å²) in [6.07, 6.45) is 0.348. The van der Waals surface area contributed by atoms with Gasteiger partial charge >= 0.3 is 5.91 Å². The molecule has 0 spiro atoms. The zero-order valence-corrected chi connectivity index (χ0v) is 16.5. The molecule has 1 atom stereocenters. The topological polar surface area (TPSA) is 135 Å². The molecule has 2 aromatic rings. The number of hydrogen-bond donors (Lipinski definition) is 1. The molecule has 1 aliphatic heterocycles. The average Bonchev–Trinajstić information content (AvgIpc) is 2.76. The van der Waals surface area contributed by atoms with Crippen molar-refractivity contribution in [1.29, 1.82) is 0 Å². The first-order chi connectivity index (χ1) is 14.5. The van der Waals surface area contributed by atoms with Crippen molar-refractivity contribution in [3.63, 3.8) is 0 Å². The van der Waals surface area contributed by atoms with Crippen molar-refractivity contribution in [3.05, 3.63) is 63.4 Å². The molecular formula is C19H16N4O6S. The van der Waals surface area contributed by atoms with E-state index >= 15 is 0 Å². The molecule has 154 valence electrons. The first-order valence-electron chi connectivity index (χ1n) is 8.70. The molecule has 0 saturated carbocycles. The standard InChI is InChI=1S/C19H16N4O6S/c1-29-13-5-2-11(3-6-13)8-16-19(26)23(10-17(24)20-22-28)14-7-4-12(18(25)21-27)9-15(14)30-16/h2-7,9,16H,8,10H2,1H3,(H,20,24,28). The summed E-state index contributed by atoms with van der Waals surface area (Å²) in [5, 5.41) is 4.15. The van der Waals surface area contributed by atoms with Crippen LogP contribution in [0.5, 0.6) is 5.75 Å². The van der Waals surface area contributed by atoms with E-state index in [4.69, 9.17) is 4.74 Å². The molecule has 11 heteroatoms. The molecule has 2 aromatic carbocycles. The third-order valence-electron chi connectivity index (χ3n) is 4.44.